The predicted molar refractivity (Wildman–Crippen MR) is 109 cm³/mol. The van der Waals surface area contributed by atoms with Gasteiger partial charge in [0.2, 0.25) is 11.8 Å². The van der Waals surface area contributed by atoms with Crippen molar-refractivity contribution in [2.75, 3.05) is 31.6 Å². The molecule has 4 rings (SSSR count). The Morgan fingerprint density at radius 2 is 2.11 bits per heavy atom. The van der Waals surface area contributed by atoms with E-state index in [-0.39, 0.29) is 23.7 Å². The lowest BCUT2D eigenvalue weighted by Gasteiger charge is -2.25. The molecule has 0 bridgehead atoms. The Balaban J connectivity index is 1.62. The van der Waals surface area contributed by atoms with Gasteiger partial charge in [0, 0.05) is 37.2 Å². The highest BCUT2D eigenvalue weighted by Crippen LogP contribution is 2.47. The molecule has 2 aromatic rings. The number of methoxy groups -OCH3 is 1. The summed E-state index contributed by atoms with van der Waals surface area (Å²) in [5, 5.41) is 1.46. The fraction of sp³-hybridized carbons (Fsp3) is 0.476. The van der Waals surface area contributed by atoms with E-state index in [4.69, 9.17) is 4.74 Å². The zero-order valence-corrected chi connectivity index (χ0v) is 17.3. The number of benzene rings is 1. The number of aryl methyl sites for hydroxylation is 1. The predicted octanol–water partition coefficient (Wildman–Crippen LogP) is 2.93. The Hall–Kier alpha value is -2.41. The van der Waals surface area contributed by atoms with Crippen LogP contribution in [0.4, 0.5) is 5.69 Å². The van der Waals surface area contributed by atoms with Crippen molar-refractivity contribution >= 4 is 28.8 Å². The molecule has 1 atom stereocenters. The molecule has 0 saturated carbocycles. The van der Waals surface area contributed by atoms with Crippen LogP contribution in [0.25, 0.3) is 0 Å². The monoisotopic (exact) mass is 399 g/mol. The number of nitrogens with zero attached hydrogens (tertiary/aromatic N) is 3. The molecule has 1 fully saturated rings. The van der Waals surface area contributed by atoms with E-state index in [0.29, 0.717) is 24.6 Å². The summed E-state index contributed by atoms with van der Waals surface area (Å²) in [6.07, 6.45) is 3.33. The van der Waals surface area contributed by atoms with E-state index in [1.165, 1.54) is 22.5 Å². The first-order chi connectivity index (χ1) is 13.5. The molecule has 0 unspecified atom stereocenters. The van der Waals surface area contributed by atoms with Crippen LogP contribution in [-0.4, -0.2) is 48.4 Å². The lowest BCUT2D eigenvalue weighted by molar-refractivity contribution is -0.130. The fourth-order valence-electron chi connectivity index (χ4n) is 4.36. The highest BCUT2D eigenvalue weighted by Gasteiger charge is 2.49. The summed E-state index contributed by atoms with van der Waals surface area (Å²) in [6.45, 7) is 6.04. The number of rotatable bonds is 4. The Morgan fingerprint density at radius 1 is 1.29 bits per heavy atom. The lowest BCUT2D eigenvalue weighted by atomic mass is 9.81. The van der Waals surface area contributed by atoms with Crippen molar-refractivity contribution in [2.45, 2.75) is 38.5 Å². The van der Waals surface area contributed by atoms with E-state index >= 15 is 0 Å². The first-order valence-electron chi connectivity index (χ1n) is 9.64. The van der Waals surface area contributed by atoms with E-state index in [9.17, 15) is 9.59 Å². The SMILES string of the molecule is CCC(=O)N1CC[C@]2(C1)CN(C(=O)Cc1ncc(OC)s1)c1ccc(C)cc12. The van der Waals surface area contributed by atoms with Crippen molar-refractivity contribution < 1.29 is 14.3 Å². The number of carbonyl (C=O) groups excluding carboxylic acids is 2. The average Bonchev–Trinajstić information content (AvgIpc) is 3.40. The number of amides is 2. The summed E-state index contributed by atoms with van der Waals surface area (Å²) in [7, 11) is 1.60. The normalized spacial score (nSPS) is 20.7. The smallest absolute Gasteiger partial charge is 0.233 e. The zero-order chi connectivity index (χ0) is 19.9. The third-order valence-electron chi connectivity index (χ3n) is 5.82. The number of anilines is 1. The van der Waals surface area contributed by atoms with E-state index < -0.39 is 0 Å². The van der Waals surface area contributed by atoms with Gasteiger partial charge in [-0.3, -0.25) is 9.59 Å². The quantitative estimate of drug-likeness (QED) is 0.793. The van der Waals surface area contributed by atoms with Crippen molar-refractivity contribution in [1.82, 2.24) is 9.88 Å². The summed E-state index contributed by atoms with van der Waals surface area (Å²) in [6, 6.07) is 6.29. The largest absolute Gasteiger partial charge is 0.486 e. The van der Waals surface area contributed by atoms with Gasteiger partial charge >= 0.3 is 0 Å². The van der Waals surface area contributed by atoms with E-state index in [1.54, 1.807) is 13.3 Å². The molecule has 7 heteroatoms. The van der Waals surface area contributed by atoms with Crippen molar-refractivity contribution in [3.05, 3.63) is 40.5 Å². The van der Waals surface area contributed by atoms with Crippen LogP contribution in [0.5, 0.6) is 5.06 Å². The molecular weight excluding hydrogens is 374 g/mol. The van der Waals surface area contributed by atoms with E-state index in [0.717, 1.165) is 23.7 Å². The van der Waals surface area contributed by atoms with Gasteiger partial charge < -0.3 is 14.5 Å². The second-order valence-electron chi connectivity index (χ2n) is 7.65. The lowest BCUT2D eigenvalue weighted by Crippen LogP contribution is -2.40. The van der Waals surface area contributed by atoms with Gasteiger partial charge in [0.25, 0.3) is 0 Å². The molecular formula is C21H25N3O3S. The summed E-state index contributed by atoms with van der Waals surface area (Å²) in [5.74, 6) is 0.227. The molecule has 2 aliphatic rings. The molecule has 28 heavy (non-hydrogen) atoms. The molecule has 148 valence electrons. The minimum Gasteiger partial charge on any atom is -0.486 e. The van der Waals surface area contributed by atoms with Crippen LogP contribution >= 0.6 is 11.3 Å². The maximum atomic E-state index is 13.1. The van der Waals surface area contributed by atoms with Gasteiger partial charge in [-0.1, -0.05) is 36.0 Å². The van der Waals surface area contributed by atoms with Gasteiger partial charge in [0.15, 0.2) is 5.06 Å². The second-order valence-corrected chi connectivity index (χ2v) is 8.73. The highest BCUT2D eigenvalue weighted by molar-refractivity contribution is 7.13. The summed E-state index contributed by atoms with van der Waals surface area (Å²) < 4.78 is 5.19. The molecule has 1 spiro atoms. The van der Waals surface area contributed by atoms with Gasteiger partial charge in [-0.05, 0) is 25.0 Å². The van der Waals surface area contributed by atoms with Crippen molar-refractivity contribution in [2.24, 2.45) is 0 Å². The van der Waals surface area contributed by atoms with Gasteiger partial charge in [-0.15, -0.1) is 0 Å². The molecule has 3 heterocycles. The third kappa shape index (κ3) is 3.17. The van der Waals surface area contributed by atoms with E-state index in [2.05, 4.69) is 24.0 Å². The van der Waals surface area contributed by atoms with Crippen LogP contribution < -0.4 is 9.64 Å². The summed E-state index contributed by atoms with van der Waals surface area (Å²) >= 11 is 1.40. The number of thiazole rings is 1. The van der Waals surface area contributed by atoms with Crippen LogP contribution in [0.1, 0.15) is 35.9 Å². The molecule has 1 aromatic heterocycles. The molecule has 1 aromatic carbocycles. The second kappa shape index (κ2) is 7.20. The van der Waals surface area contributed by atoms with Crippen molar-refractivity contribution in [3.63, 3.8) is 0 Å². The van der Waals surface area contributed by atoms with E-state index in [1.807, 2.05) is 22.8 Å². The van der Waals surface area contributed by atoms with Crippen LogP contribution in [0, 0.1) is 6.92 Å². The number of aromatic nitrogens is 1. The minimum atomic E-state index is -0.164. The molecule has 0 radical (unpaired) electrons. The Kier molecular flexibility index (Phi) is 4.87. The Morgan fingerprint density at radius 3 is 2.82 bits per heavy atom. The molecule has 6 nitrogen and oxygen atoms in total. The van der Waals surface area contributed by atoms with Gasteiger partial charge in [-0.2, -0.15) is 0 Å². The maximum Gasteiger partial charge on any atom is 0.233 e. The first-order valence-corrected chi connectivity index (χ1v) is 10.5. The third-order valence-corrected chi connectivity index (χ3v) is 6.78. The Bertz CT molecular complexity index is 925. The van der Waals surface area contributed by atoms with Crippen LogP contribution in [0.15, 0.2) is 24.4 Å². The number of hydrogen-bond donors (Lipinski definition) is 0. The number of hydrogen-bond acceptors (Lipinski definition) is 5. The molecule has 2 amide bonds. The molecule has 0 aliphatic carbocycles. The summed E-state index contributed by atoms with van der Waals surface area (Å²) in [4.78, 5) is 33.5. The minimum absolute atomic E-state index is 0.0410. The maximum absolute atomic E-state index is 13.1. The van der Waals surface area contributed by atoms with Crippen LogP contribution in [0.3, 0.4) is 0 Å². The van der Waals surface area contributed by atoms with Gasteiger partial charge in [0.1, 0.15) is 5.01 Å². The van der Waals surface area contributed by atoms with Crippen molar-refractivity contribution in [3.8, 4) is 5.06 Å². The molecule has 0 N–H and O–H groups in total. The fourth-order valence-corrected chi connectivity index (χ4v) is 5.08. The highest BCUT2D eigenvalue weighted by atomic mass is 32.1. The van der Waals surface area contributed by atoms with Crippen LogP contribution in [-0.2, 0) is 21.4 Å². The number of carbonyl (C=O) groups is 2. The van der Waals surface area contributed by atoms with Crippen LogP contribution in [0.2, 0.25) is 0 Å². The Labute approximate surface area is 169 Å². The number of fused-ring (bicyclic) bond motifs is 2. The van der Waals surface area contributed by atoms with Gasteiger partial charge in [-0.25, -0.2) is 4.98 Å². The summed E-state index contributed by atoms with van der Waals surface area (Å²) in [5.41, 5.74) is 3.19. The molecule has 1 saturated heterocycles. The number of likely N-dealkylation sites (tertiary alicyclic amines) is 1. The zero-order valence-electron chi connectivity index (χ0n) is 16.5. The van der Waals surface area contributed by atoms with Gasteiger partial charge in [0.05, 0.1) is 19.7 Å². The topological polar surface area (TPSA) is 62.7 Å². The standard InChI is InChI=1S/C21H25N3O3S/c1-4-18(25)23-8-7-21(12-23)13-24(16-6-5-14(2)9-15(16)21)19(26)10-17-22-11-20(27-3)28-17/h5-6,9,11H,4,7-8,10,12-13H2,1-3H3/t21-/m0/s1. The first kappa shape index (κ1) is 18.9. The van der Waals surface area contributed by atoms with Crippen molar-refractivity contribution in [1.29, 1.82) is 0 Å². The molecule has 2 aliphatic heterocycles. The average molecular weight is 400 g/mol. The number of ether oxygens (including phenoxy) is 1.